The second-order valence-electron chi connectivity index (χ2n) is 10.0. The van der Waals surface area contributed by atoms with Crippen LogP contribution in [0.3, 0.4) is 0 Å². The minimum Gasteiger partial charge on any atom is -0.471 e. The average Bonchev–Trinajstić information content (AvgIpc) is 3.22. The molecule has 0 amide bonds. The van der Waals surface area contributed by atoms with E-state index in [0.717, 1.165) is 31.0 Å². The van der Waals surface area contributed by atoms with Crippen LogP contribution < -0.4 is 4.74 Å². The molecule has 2 aliphatic rings. The second-order valence-corrected chi connectivity index (χ2v) is 10.8. The van der Waals surface area contributed by atoms with Gasteiger partial charge in [-0.05, 0) is 44.5 Å². The minimum absolute atomic E-state index is 0.111. The zero-order valence-corrected chi connectivity index (χ0v) is 22.8. The minimum atomic E-state index is -0.939. The number of hydrogen-bond acceptors (Lipinski definition) is 7. The Morgan fingerprint density at radius 2 is 1.75 bits per heavy atom. The first-order valence-corrected chi connectivity index (χ1v) is 13.7. The van der Waals surface area contributed by atoms with E-state index in [1.165, 1.54) is 12.1 Å². The van der Waals surface area contributed by atoms with Gasteiger partial charge in [-0.3, -0.25) is 4.90 Å². The molecule has 0 unspecified atom stereocenters. The van der Waals surface area contributed by atoms with Gasteiger partial charge in [0.1, 0.15) is 29.6 Å². The van der Waals surface area contributed by atoms with Crippen LogP contribution >= 0.6 is 23.2 Å². The number of rotatable bonds is 8. The summed E-state index contributed by atoms with van der Waals surface area (Å²) in [5.41, 5.74) is 1.67. The lowest BCUT2D eigenvalue weighted by molar-refractivity contribution is -0.0593. The van der Waals surface area contributed by atoms with Crippen molar-refractivity contribution in [1.29, 1.82) is 0 Å². The quantitative estimate of drug-likeness (QED) is 0.260. The summed E-state index contributed by atoms with van der Waals surface area (Å²) >= 11 is 11.8. The van der Waals surface area contributed by atoms with Crippen LogP contribution in [0.2, 0.25) is 10.2 Å². The van der Waals surface area contributed by atoms with Gasteiger partial charge in [0.05, 0.1) is 24.9 Å². The number of nitrogens with zero attached hydrogens (tertiary/aromatic N) is 6. The van der Waals surface area contributed by atoms with Crippen molar-refractivity contribution in [1.82, 2.24) is 29.6 Å². The first kappa shape index (κ1) is 27.2. The van der Waals surface area contributed by atoms with Gasteiger partial charge in [0, 0.05) is 35.2 Å². The lowest BCUT2D eigenvalue weighted by atomic mass is 9.92. The number of hydrogen-bond donors (Lipinski definition) is 0. The average molecular weight is 593 g/mol. The number of pyridine rings is 1. The Bertz CT molecular complexity index is 1540. The van der Waals surface area contributed by atoms with Crippen LogP contribution in [0, 0.1) is 17.5 Å². The van der Waals surface area contributed by atoms with E-state index in [1.807, 2.05) is 4.57 Å². The molecule has 0 saturated carbocycles. The molecule has 2 saturated heterocycles. The maximum atomic E-state index is 14.8. The van der Waals surface area contributed by atoms with Crippen molar-refractivity contribution in [3.8, 4) is 5.88 Å². The van der Waals surface area contributed by atoms with E-state index in [9.17, 15) is 13.2 Å². The fourth-order valence-electron chi connectivity index (χ4n) is 5.09. The number of imidazole rings is 1. The summed E-state index contributed by atoms with van der Waals surface area (Å²) in [4.78, 5) is 11.2. The Balaban J connectivity index is 1.13. The highest BCUT2D eigenvalue weighted by Gasteiger charge is 2.28. The molecular formula is C27H25Cl2F3N6O2. The maximum Gasteiger partial charge on any atom is 0.251 e. The molecule has 0 spiro atoms. The number of likely N-dealkylation sites (tertiary alicyclic amines) is 1. The summed E-state index contributed by atoms with van der Waals surface area (Å²) in [5.74, 6) is -1.99. The van der Waals surface area contributed by atoms with Crippen molar-refractivity contribution in [3.05, 3.63) is 75.0 Å². The first-order valence-electron chi connectivity index (χ1n) is 13.0. The van der Waals surface area contributed by atoms with Crippen molar-refractivity contribution in [2.45, 2.75) is 51.0 Å². The van der Waals surface area contributed by atoms with Gasteiger partial charge in [-0.15, -0.1) is 10.2 Å². The fraction of sp³-hybridized carbons (Fsp3) is 0.407. The molecular weight excluding hydrogens is 568 g/mol. The van der Waals surface area contributed by atoms with E-state index in [2.05, 4.69) is 20.1 Å². The number of fused-ring (bicyclic) bond motifs is 1. The van der Waals surface area contributed by atoms with E-state index in [-0.39, 0.29) is 45.9 Å². The van der Waals surface area contributed by atoms with Crippen LogP contribution in [0.15, 0.2) is 30.3 Å². The van der Waals surface area contributed by atoms with Crippen molar-refractivity contribution < 1.29 is 22.6 Å². The Labute approximate surface area is 238 Å². The topological polar surface area (TPSA) is 78.2 Å². The normalized spacial score (nSPS) is 18.3. The zero-order chi connectivity index (χ0) is 27.8. The van der Waals surface area contributed by atoms with Gasteiger partial charge >= 0.3 is 0 Å². The highest BCUT2D eigenvalue weighted by Crippen LogP contribution is 2.32. The molecule has 210 valence electrons. The number of benzene rings is 1. The molecule has 5 heterocycles. The molecule has 13 heteroatoms. The summed E-state index contributed by atoms with van der Waals surface area (Å²) in [5, 5.41) is 8.75. The smallest absolute Gasteiger partial charge is 0.251 e. The van der Waals surface area contributed by atoms with Gasteiger partial charge in [-0.25, -0.2) is 23.1 Å². The van der Waals surface area contributed by atoms with Gasteiger partial charge in [-0.2, -0.15) is 0 Å². The standard InChI is InChI=1S/C27H25Cl2F3N6O2/c28-17-2-1-16(19(30)9-17)14-40-27-21(32)10-20(31)25(34-27)15-3-6-37(7-4-15)13-24-33-22-11-23(29)35-36-26(22)38(24)12-18-5-8-39-18/h1-2,9-11,15,18H,3-8,12-14H2/t18-/m0/s1. The molecule has 0 N–H and O–H groups in total. The molecule has 0 aliphatic carbocycles. The predicted molar refractivity (Wildman–Crippen MR) is 142 cm³/mol. The van der Waals surface area contributed by atoms with Crippen LogP contribution in [0.25, 0.3) is 11.2 Å². The molecule has 1 atom stereocenters. The fourth-order valence-corrected chi connectivity index (χ4v) is 5.39. The predicted octanol–water partition coefficient (Wildman–Crippen LogP) is 5.69. The largest absolute Gasteiger partial charge is 0.471 e. The van der Waals surface area contributed by atoms with Crippen LogP contribution in [0.1, 0.15) is 42.3 Å². The zero-order valence-electron chi connectivity index (χ0n) is 21.3. The van der Waals surface area contributed by atoms with E-state index < -0.39 is 17.5 Å². The Kier molecular flexibility index (Phi) is 7.80. The van der Waals surface area contributed by atoms with Crippen LogP contribution in [0.4, 0.5) is 13.2 Å². The van der Waals surface area contributed by atoms with Crippen LogP contribution in [-0.2, 0) is 24.4 Å². The van der Waals surface area contributed by atoms with E-state index in [0.29, 0.717) is 50.2 Å². The van der Waals surface area contributed by atoms with Crippen LogP contribution in [-0.4, -0.2) is 55.4 Å². The third kappa shape index (κ3) is 5.74. The Hall–Kier alpha value is -2.99. The van der Waals surface area contributed by atoms with Gasteiger partial charge in [-0.1, -0.05) is 29.3 Å². The van der Waals surface area contributed by atoms with E-state index in [1.54, 1.807) is 6.07 Å². The molecule has 2 aliphatic heterocycles. The third-order valence-electron chi connectivity index (χ3n) is 7.36. The molecule has 2 fully saturated rings. The summed E-state index contributed by atoms with van der Waals surface area (Å²) < 4.78 is 56.4. The third-order valence-corrected chi connectivity index (χ3v) is 7.78. The van der Waals surface area contributed by atoms with Crippen molar-refractivity contribution in [2.24, 2.45) is 0 Å². The monoisotopic (exact) mass is 592 g/mol. The molecule has 0 bridgehead atoms. The number of halogens is 5. The Morgan fingerprint density at radius 1 is 0.950 bits per heavy atom. The van der Waals surface area contributed by atoms with Crippen molar-refractivity contribution in [3.63, 3.8) is 0 Å². The lowest BCUT2D eigenvalue weighted by Crippen LogP contribution is -2.35. The summed E-state index contributed by atoms with van der Waals surface area (Å²) in [7, 11) is 0. The molecule has 8 nitrogen and oxygen atoms in total. The molecule has 0 radical (unpaired) electrons. The highest BCUT2D eigenvalue weighted by molar-refractivity contribution is 6.30. The Morgan fingerprint density at radius 3 is 2.48 bits per heavy atom. The summed E-state index contributed by atoms with van der Waals surface area (Å²) in [6.45, 7) is 2.99. The van der Waals surface area contributed by atoms with Crippen molar-refractivity contribution in [2.75, 3.05) is 19.7 Å². The lowest BCUT2D eigenvalue weighted by Gasteiger charge is -2.32. The van der Waals surface area contributed by atoms with E-state index >= 15 is 0 Å². The SMILES string of the molecule is Fc1cc(Cl)ccc1COc1nc(C2CCN(Cc3nc4cc(Cl)nnc4n3C[C@@H]3CCO3)CC2)c(F)cc1F. The molecule has 3 aromatic heterocycles. The van der Waals surface area contributed by atoms with Crippen LogP contribution in [0.5, 0.6) is 5.88 Å². The summed E-state index contributed by atoms with van der Waals surface area (Å²) in [6, 6.07) is 6.58. The molecule has 4 aromatic rings. The highest BCUT2D eigenvalue weighted by atomic mass is 35.5. The molecule has 6 rings (SSSR count). The number of aromatic nitrogens is 5. The summed E-state index contributed by atoms with van der Waals surface area (Å²) in [6.07, 6.45) is 2.30. The van der Waals surface area contributed by atoms with Gasteiger partial charge in [0.2, 0.25) is 0 Å². The number of piperidine rings is 1. The van der Waals surface area contributed by atoms with Crippen molar-refractivity contribution >= 4 is 34.4 Å². The van der Waals surface area contributed by atoms with Gasteiger partial charge < -0.3 is 14.0 Å². The van der Waals surface area contributed by atoms with E-state index in [4.69, 9.17) is 37.7 Å². The number of ether oxygens (including phenoxy) is 2. The first-order chi connectivity index (χ1) is 19.3. The maximum absolute atomic E-state index is 14.8. The van der Waals surface area contributed by atoms with Gasteiger partial charge in [0.25, 0.3) is 5.88 Å². The molecule has 1 aromatic carbocycles. The molecule has 40 heavy (non-hydrogen) atoms. The second kappa shape index (κ2) is 11.5. The van der Waals surface area contributed by atoms with Gasteiger partial charge in [0.15, 0.2) is 16.6 Å².